The van der Waals surface area contributed by atoms with Crippen molar-refractivity contribution in [3.63, 3.8) is 0 Å². The second-order valence-corrected chi connectivity index (χ2v) is 7.01. The molecule has 3 nitrogen and oxygen atoms in total. The number of thioether (sulfide) groups is 1. The summed E-state index contributed by atoms with van der Waals surface area (Å²) >= 11 is 1.94. The molecule has 0 saturated heterocycles. The van der Waals surface area contributed by atoms with Crippen molar-refractivity contribution in [3.05, 3.63) is 0 Å². The van der Waals surface area contributed by atoms with Crippen LogP contribution in [0.2, 0.25) is 0 Å². The first-order chi connectivity index (χ1) is 8.65. The molecule has 1 atom stereocenters. The lowest BCUT2D eigenvalue weighted by Gasteiger charge is -2.20. The minimum Gasteiger partial charge on any atom is -0.469 e. The Balaban J connectivity index is 1.64. The quantitative estimate of drug-likeness (QED) is 0.723. The van der Waals surface area contributed by atoms with Crippen molar-refractivity contribution in [2.75, 3.05) is 18.6 Å². The molecular weight excluding hydrogens is 246 g/mol. The second kappa shape index (κ2) is 6.29. The fraction of sp³-hybridized carbons (Fsp3) is 0.929. The number of nitrogens with two attached hydrogens (primary N) is 1. The smallest absolute Gasteiger partial charge is 0.306 e. The highest BCUT2D eigenvalue weighted by Crippen LogP contribution is 2.51. The van der Waals surface area contributed by atoms with E-state index < -0.39 is 0 Å². The topological polar surface area (TPSA) is 52.3 Å². The maximum Gasteiger partial charge on any atom is 0.306 e. The Morgan fingerprint density at radius 1 is 1.44 bits per heavy atom. The molecule has 0 aromatic carbocycles. The maximum absolute atomic E-state index is 11.3. The highest BCUT2D eigenvalue weighted by atomic mass is 32.2. The zero-order valence-corrected chi connectivity index (χ0v) is 12.1. The normalized spacial score (nSPS) is 23.9. The molecule has 0 aromatic heterocycles. The van der Waals surface area contributed by atoms with Crippen LogP contribution in [0.15, 0.2) is 0 Å². The summed E-state index contributed by atoms with van der Waals surface area (Å²) in [5.41, 5.74) is 6.49. The summed E-state index contributed by atoms with van der Waals surface area (Å²) in [4.78, 5) is 11.3. The third kappa shape index (κ3) is 3.89. The van der Waals surface area contributed by atoms with E-state index in [1.54, 1.807) is 0 Å². The van der Waals surface area contributed by atoms with Crippen molar-refractivity contribution < 1.29 is 9.53 Å². The number of hydrogen-bond acceptors (Lipinski definition) is 4. The van der Waals surface area contributed by atoms with Gasteiger partial charge in [-0.25, -0.2) is 0 Å². The van der Waals surface area contributed by atoms with Gasteiger partial charge in [-0.2, -0.15) is 11.8 Å². The third-order valence-electron chi connectivity index (χ3n) is 4.43. The monoisotopic (exact) mass is 271 g/mol. The summed E-state index contributed by atoms with van der Waals surface area (Å²) in [6.45, 7) is 0. The summed E-state index contributed by atoms with van der Waals surface area (Å²) in [7, 11) is 1.47. The van der Waals surface area contributed by atoms with Crippen molar-refractivity contribution >= 4 is 17.7 Å². The lowest BCUT2D eigenvalue weighted by atomic mass is 10.0. The van der Waals surface area contributed by atoms with E-state index in [0.717, 1.165) is 17.4 Å². The first-order valence-electron chi connectivity index (χ1n) is 7.05. The molecule has 4 heteroatoms. The first-order valence-corrected chi connectivity index (χ1v) is 8.21. The Hall–Kier alpha value is -0.220. The van der Waals surface area contributed by atoms with Gasteiger partial charge in [0, 0.05) is 11.8 Å². The number of ether oxygens (including phenoxy) is 1. The molecule has 2 aliphatic carbocycles. The molecule has 0 amide bonds. The van der Waals surface area contributed by atoms with Crippen LogP contribution in [0, 0.1) is 11.3 Å². The van der Waals surface area contributed by atoms with Gasteiger partial charge in [-0.15, -0.1) is 0 Å². The van der Waals surface area contributed by atoms with Crippen LogP contribution >= 0.6 is 11.8 Å². The van der Waals surface area contributed by atoms with E-state index in [1.807, 2.05) is 11.8 Å². The molecule has 0 aliphatic heterocycles. The van der Waals surface area contributed by atoms with E-state index in [4.69, 9.17) is 10.5 Å². The van der Waals surface area contributed by atoms with Gasteiger partial charge in [-0.3, -0.25) is 4.79 Å². The summed E-state index contributed by atoms with van der Waals surface area (Å²) in [5, 5.41) is 0. The van der Waals surface area contributed by atoms with Crippen LogP contribution in [0.25, 0.3) is 0 Å². The van der Waals surface area contributed by atoms with Gasteiger partial charge in [0.05, 0.1) is 13.5 Å². The Morgan fingerprint density at radius 3 is 2.67 bits per heavy atom. The Labute approximate surface area is 114 Å². The van der Waals surface area contributed by atoms with Crippen molar-refractivity contribution in [1.29, 1.82) is 0 Å². The van der Waals surface area contributed by atoms with Gasteiger partial charge in [0.2, 0.25) is 0 Å². The summed E-state index contributed by atoms with van der Waals surface area (Å²) < 4.78 is 4.76. The van der Waals surface area contributed by atoms with Gasteiger partial charge in [0.25, 0.3) is 0 Å². The van der Waals surface area contributed by atoms with Crippen molar-refractivity contribution in [2.45, 2.75) is 51.0 Å². The molecule has 0 aromatic rings. The fourth-order valence-corrected chi connectivity index (χ4v) is 4.35. The molecule has 1 unspecified atom stereocenters. The standard InChI is InChI=1S/C14H25NO2S/c1-17-13(16)8-14(6-7-14)10-18-9-12(15)11-4-2-3-5-11/h11-12H,2-10,15H2,1H3. The van der Waals surface area contributed by atoms with E-state index in [2.05, 4.69) is 0 Å². The summed E-state index contributed by atoms with van der Waals surface area (Å²) in [6, 6.07) is 0.353. The average molecular weight is 271 g/mol. The molecule has 2 rings (SSSR count). The predicted molar refractivity (Wildman–Crippen MR) is 75.6 cm³/mol. The number of esters is 1. The van der Waals surface area contributed by atoms with Crippen LogP contribution in [0.1, 0.15) is 44.9 Å². The van der Waals surface area contributed by atoms with Crippen LogP contribution in [-0.4, -0.2) is 30.6 Å². The van der Waals surface area contributed by atoms with E-state index in [1.165, 1.54) is 45.6 Å². The van der Waals surface area contributed by atoms with E-state index in [-0.39, 0.29) is 11.4 Å². The van der Waals surface area contributed by atoms with Crippen molar-refractivity contribution in [2.24, 2.45) is 17.1 Å². The summed E-state index contributed by atoms with van der Waals surface area (Å²) in [5.74, 6) is 2.80. The first kappa shape index (κ1) is 14.2. The lowest BCUT2D eigenvalue weighted by molar-refractivity contribution is -0.141. The van der Waals surface area contributed by atoms with Crippen LogP contribution in [0.4, 0.5) is 0 Å². The van der Waals surface area contributed by atoms with Crippen LogP contribution in [-0.2, 0) is 9.53 Å². The van der Waals surface area contributed by atoms with E-state index in [9.17, 15) is 4.79 Å². The third-order valence-corrected chi connectivity index (χ3v) is 5.87. The highest BCUT2D eigenvalue weighted by molar-refractivity contribution is 7.99. The lowest BCUT2D eigenvalue weighted by Crippen LogP contribution is -2.31. The van der Waals surface area contributed by atoms with Gasteiger partial charge in [0.1, 0.15) is 0 Å². The highest BCUT2D eigenvalue weighted by Gasteiger charge is 2.44. The maximum atomic E-state index is 11.3. The molecule has 0 bridgehead atoms. The molecule has 0 heterocycles. The second-order valence-electron chi connectivity index (χ2n) is 5.98. The molecular formula is C14H25NO2S. The Bertz CT molecular complexity index is 286. The SMILES string of the molecule is COC(=O)CC1(CSCC(N)C2CCCC2)CC1. The van der Waals surface area contributed by atoms with Crippen LogP contribution in [0.3, 0.4) is 0 Å². The average Bonchev–Trinajstić information content (AvgIpc) is 2.92. The van der Waals surface area contributed by atoms with Gasteiger partial charge < -0.3 is 10.5 Å². The molecule has 2 fully saturated rings. The number of hydrogen-bond donors (Lipinski definition) is 1. The number of rotatable bonds is 7. The van der Waals surface area contributed by atoms with Crippen LogP contribution in [0.5, 0.6) is 0 Å². The molecule has 0 spiro atoms. The van der Waals surface area contributed by atoms with Gasteiger partial charge in [-0.1, -0.05) is 12.8 Å². The Morgan fingerprint density at radius 2 is 2.11 bits per heavy atom. The zero-order chi connectivity index (χ0) is 13.0. The molecule has 0 radical (unpaired) electrons. The van der Waals surface area contributed by atoms with Crippen molar-refractivity contribution in [1.82, 2.24) is 0 Å². The zero-order valence-electron chi connectivity index (χ0n) is 11.3. The Kier molecular flexibility index (Phi) is 4.96. The van der Waals surface area contributed by atoms with E-state index >= 15 is 0 Å². The number of carbonyl (C=O) groups is 1. The minimum atomic E-state index is -0.0619. The predicted octanol–water partition coefficient (Wildman–Crippen LogP) is 2.58. The molecule has 2 N–H and O–H groups in total. The van der Waals surface area contributed by atoms with Gasteiger partial charge in [-0.05, 0) is 42.8 Å². The van der Waals surface area contributed by atoms with Gasteiger partial charge >= 0.3 is 5.97 Å². The molecule has 2 saturated carbocycles. The fourth-order valence-electron chi connectivity index (χ4n) is 2.86. The van der Waals surface area contributed by atoms with Crippen LogP contribution < -0.4 is 5.73 Å². The molecule has 2 aliphatic rings. The van der Waals surface area contributed by atoms with Crippen molar-refractivity contribution in [3.8, 4) is 0 Å². The minimum absolute atomic E-state index is 0.0619. The largest absolute Gasteiger partial charge is 0.469 e. The molecule has 104 valence electrons. The summed E-state index contributed by atoms with van der Waals surface area (Å²) in [6.07, 6.45) is 8.28. The van der Waals surface area contributed by atoms with E-state index in [0.29, 0.717) is 12.5 Å². The number of carbonyl (C=O) groups excluding carboxylic acids is 1. The number of methoxy groups -OCH3 is 1. The molecule has 18 heavy (non-hydrogen) atoms. The van der Waals surface area contributed by atoms with Gasteiger partial charge in [0.15, 0.2) is 0 Å².